The first-order valence-corrected chi connectivity index (χ1v) is 6.94. The molecule has 1 aliphatic rings. The van der Waals surface area contributed by atoms with Crippen LogP contribution in [0.4, 0.5) is 0 Å². The van der Waals surface area contributed by atoms with Gasteiger partial charge in [0.25, 0.3) is 0 Å². The van der Waals surface area contributed by atoms with E-state index in [1.54, 1.807) is 11.3 Å². The first kappa shape index (κ1) is 11.0. The van der Waals surface area contributed by atoms with Gasteiger partial charge in [-0.2, -0.15) is 0 Å². The van der Waals surface area contributed by atoms with E-state index in [9.17, 15) is 0 Å². The van der Waals surface area contributed by atoms with Crippen molar-refractivity contribution in [3.8, 4) is 5.75 Å². The summed E-state index contributed by atoms with van der Waals surface area (Å²) in [4.78, 5) is 4.65. The first-order valence-electron chi connectivity index (χ1n) is 6.12. The van der Waals surface area contributed by atoms with Gasteiger partial charge in [-0.05, 0) is 31.5 Å². The zero-order valence-corrected chi connectivity index (χ0v) is 10.7. The molecule has 1 aliphatic heterocycles. The Morgan fingerprint density at radius 3 is 3.24 bits per heavy atom. The summed E-state index contributed by atoms with van der Waals surface area (Å²) in [6, 6.07) is 6.20. The van der Waals surface area contributed by atoms with Gasteiger partial charge in [-0.1, -0.05) is 13.0 Å². The van der Waals surface area contributed by atoms with E-state index in [1.807, 2.05) is 6.07 Å². The van der Waals surface area contributed by atoms with Crippen LogP contribution in [0.25, 0.3) is 10.2 Å². The van der Waals surface area contributed by atoms with Gasteiger partial charge in [0, 0.05) is 6.54 Å². The molecule has 3 rings (SSSR count). The zero-order valence-electron chi connectivity index (χ0n) is 9.90. The highest BCUT2D eigenvalue weighted by atomic mass is 32.1. The van der Waals surface area contributed by atoms with E-state index >= 15 is 0 Å². The molecule has 90 valence electrons. The molecular weight excluding hydrogens is 232 g/mol. The molecule has 3 nitrogen and oxygen atoms in total. The lowest BCUT2D eigenvalue weighted by atomic mass is 10.3. The van der Waals surface area contributed by atoms with E-state index in [0.29, 0.717) is 6.10 Å². The second-order valence-electron chi connectivity index (χ2n) is 4.30. The Labute approximate surface area is 105 Å². The van der Waals surface area contributed by atoms with Crippen LogP contribution in [0.15, 0.2) is 18.2 Å². The van der Waals surface area contributed by atoms with E-state index < -0.39 is 0 Å². The number of hydrogen-bond donors (Lipinski definition) is 1. The van der Waals surface area contributed by atoms with Crippen LogP contribution in [0.5, 0.6) is 5.75 Å². The number of nitrogens with zero attached hydrogens (tertiary/aromatic N) is 1. The molecule has 1 aromatic carbocycles. The molecule has 1 N–H and O–H groups in total. The van der Waals surface area contributed by atoms with Crippen molar-refractivity contribution in [3.05, 3.63) is 23.2 Å². The minimum atomic E-state index is 0.298. The number of benzene rings is 1. The summed E-state index contributed by atoms with van der Waals surface area (Å²) in [5.41, 5.74) is 1.03. The van der Waals surface area contributed by atoms with E-state index in [2.05, 4.69) is 29.4 Å². The van der Waals surface area contributed by atoms with E-state index in [1.165, 1.54) is 9.71 Å². The fourth-order valence-electron chi connectivity index (χ4n) is 2.12. The fraction of sp³-hybridized carbons (Fsp3) is 0.462. The molecule has 1 fully saturated rings. The third-order valence-corrected chi connectivity index (χ3v) is 4.20. The Bertz CT molecular complexity index is 517. The number of ether oxygens (including phenoxy) is 1. The Morgan fingerprint density at radius 2 is 2.47 bits per heavy atom. The van der Waals surface area contributed by atoms with Gasteiger partial charge in [-0.25, -0.2) is 4.98 Å². The van der Waals surface area contributed by atoms with Crippen molar-refractivity contribution in [1.82, 2.24) is 10.3 Å². The second kappa shape index (κ2) is 4.63. The van der Waals surface area contributed by atoms with Gasteiger partial charge in [0.05, 0.1) is 9.71 Å². The minimum Gasteiger partial charge on any atom is -0.487 e. The smallest absolute Gasteiger partial charge is 0.146 e. The quantitative estimate of drug-likeness (QED) is 0.906. The molecule has 1 saturated heterocycles. The van der Waals surface area contributed by atoms with Gasteiger partial charge < -0.3 is 10.1 Å². The highest BCUT2D eigenvalue weighted by Gasteiger charge is 2.17. The molecule has 0 spiro atoms. The standard InChI is InChI=1S/C13H16N2OS/c1-2-12-15-13-10(4-3-5-11(13)17-12)16-9-6-7-14-8-9/h3-5,9,14H,2,6-8H2,1H3. The average molecular weight is 248 g/mol. The summed E-state index contributed by atoms with van der Waals surface area (Å²) in [6.45, 7) is 4.14. The Kier molecular flexibility index (Phi) is 2.99. The summed E-state index contributed by atoms with van der Waals surface area (Å²) in [5.74, 6) is 0.937. The monoisotopic (exact) mass is 248 g/mol. The molecule has 1 aromatic heterocycles. The van der Waals surface area contributed by atoms with Crippen molar-refractivity contribution >= 4 is 21.6 Å². The molecule has 2 heterocycles. The van der Waals surface area contributed by atoms with E-state index in [4.69, 9.17) is 4.74 Å². The summed E-state index contributed by atoms with van der Waals surface area (Å²) in [6.07, 6.45) is 2.37. The number of nitrogens with one attached hydrogen (secondary N) is 1. The number of rotatable bonds is 3. The van der Waals surface area contributed by atoms with Crippen molar-refractivity contribution in [2.75, 3.05) is 13.1 Å². The number of fused-ring (bicyclic) bond motifs is 1. The third kappa shape index (κ3) is 2.15. The normalized spacial score (nSPS) is 19.9. The van der Waals surface area contributed by atoms with Gasteiger partial charge in [-0.3, -0.25) is 0 Å². The number of aromatic nitrogens is 1. The molecule has 0 amide bonds. The van der Waals surface area contributed by atoms with Gasteiger partial charge in [0.15, 0.2) is 0 Å². The van der Waals surface area contributed by atoms with Crippen LogP contribution in [0.1, 0.15) is 18.4 Å². The molecule has 1 atom stereocenters. The largest absolute Gasteiger partial charge is 0.487 e. The first-order chi connectivity index (χ1) is 8.36. The lowest BCUT2D eigenvalue weighted by molar-refractivity contribution is 0.225. The molecule has 17 heavy (non-hydrogen) atoms. The zero-order chi connectivity index (χ0) is 11.7. The highest BCUT2D eigenvalue weighted by Crippen LogP contribution is 2.30. The Morgan fingerprint density at radius 1 is 1.53 bits per heavy atom. The van der Waals surface area contributed by atoms with Crippen LogP contribution in [0, 0.1) is 0 Å². The molecular formula is C13H16N2OS. The lowest BCUT2D eigenvalue weighted by Gasteiger charge is -2.12. The van der Waals surface area contributed by atoms with Crippen molar-refractivity contribution < 1.29 is 4.74 Å². The summed E-state index contributed by atoms with van der Waals surface area (Å²) >= 11 is 1.76. The summed E-state index contributed by atoms with van der Waals surface area (Å²) in [7, 11) is 0. The van der Waals surface area contributed by atoms with Crippen LogP contribution >= 0.6 is 11.3 Å². The van der Waals surface area contributed by atoms with E-state index in [0.717, 1.165) is 37.2 Å². The maximum absolute atomic E-state index is 6.03. The van der Waals surface area contributed by atoms with Crippen LogP contribution in [0.2, 0.25) is 0 Å². The highest BCUT2D eigenvalue weighted by molar-refractivity contribution is 7.18. The number of thiazole rings is 1. The third-order valence-electron chi connectivity index (χ3n) is 3.04. The van der Waals surface area contributed by atoms with Crippen LogP contribution in [-0.4, -0.2) is 24.2 Å². The molecule has 0 radical (unpaired) electrons. The number of para-hydroxylation sites is 1. The van der Waals surface area contributed by atoms with Gasteiger partial charge in [0.2, 0.25) is 0 Å². The van der Waals surface area contributed by atoms with E-state index in [-0.39, 0.29) is 0 Å². The number of aryl methyl sites for hydroxylation is 1. The van der Waals surface area contributed by atoms with Crippen molar-refractivity contribution in [2.45, 2.75) is 25.9 Å². The Balaban J connectivity index is 1.94. The fourth-order valence-corrected chi connectivity index (χ4v) is 3.05. The molecule has 4 heteroatoms. The lowest BCUT2D eigenvalue weighted by Crippen LogP contribution is -2.19. The molecule has 1 unspecified atom stereocenters. The summed E-state index contributed by atoms with van der Waals surface area (Å²) < 4.78 is 7.26. The predicted molar refractivity (Wildman–Crippen MR) is 70.9 cm³/mol. The molecule has 2 aromatic rings. The van der Waals surface area contributed by atoms with Crippen LogP contribution in [-0.2, 0) is 6.42 Å². The summed E-state index contributed by atoms with van der Waals surface area (Å²) in [5, 5.41) is 4.50. The number of hydrogen-bond acceptors (Lipinski definition) is 4. The predicted octanol–water partition coefficient (Wildman–Crippen LogP) is 2.60. The topological polar surface area (TPSA) is 34.1 Å². The van der Waals surface area contributed by atoms with Crippen molar-refractivity contribution in [2.24, 2.45) is 0 Å². The maximum atomic E-state index is 6.03. The SMILES string of the molecule is CCc1nc2c(OC3CCNC3)cccc2s1. The van der Waals surface area contributed by atoms with Gasteiger partial charge in [-0.15, -0.1) is 11.3 Å². The van der Waals surface area contributed by atoms with Gasteiger partial charge in [0.1, 0.15) is 17.4 Å². The molecule has 0 bridgehead atoms. The Hall–Kier alpha value is -1.13. The molecule has 0 saturated carbocycles. The van der Waals surface area contributed by atoms with Crippen LogP contribution in [0.3, 0.4) is 0 Å². The maximum Gasteiger partial charge on any atom is 0.146 e. The van der Waals surface area contributed by atoms with Crippen LogP contribution < -0.4 is 10.1 Å². The van der Waals surface area contributed by atoms with Crippen molar-refractivity contribution in [3.63, 3.8) is 0 Å². The van der Waals surface area contributed by atoms with Crippen molar-refractivity contribution in [1.29, 1.82) is 0 Å². The second-order valence-corrected chi connectivity index (χ2v) is 5.41. The minimum absolute atomic E-state index is 0.298. The van der Waals surface area contributed by atoms with Gasteiger partial charge >= 0.3 is 0 Å². The molecule has 0 aliphatic carbocycles. The average Bonchev–Trinajstić information content (AvgIpc) is 2.97.